The Kier molecular flexibility index (Phi) is 7.18. The van der Waals surface area contributed by atoms with Gasteiger partial charge < -0.3 is 15.5 Å². The van der Waals surface area contributed by atoms with E-state index in [2.05, 4.69) is 21.5 Å². The lowest BCUT2D eigenvalue weighted by Gasteiger charge is -2.54. The predicted octanol–water partition coefficient (Wildman–Crippen LogP) is 4.48. The molecule has 0 atom stereocenters. The smallest absolute Gasteiger partial charge is 0.277 e. The first kappa shape index (κ1) is 31.5. The number of fused-ring (bicyclic) bond motifs is 1. The van der Waals surface area contributed by atoms with E-state index in [1.807, 2.05) is 0 Å². The molecule has 5 heterocycles. The van der Waals surface area contributed by atoms with Gasteiger partial charge in [0, 0.05) is 60.8 Å². The number of halogens is 2. The summed E-state index contributed by atoms with van der Waals surface area (Å²) in [4.78, 5) is 43.9. The molecule has 1 spiro atoms. The van der Waals surface area contributed by atoms with Gasteiger partial charge in [0.2, 0.25) is 5.91 Å². The van der Waals surface area contributed by atoms with Crippen molar-refractivity contribution in [3.05, 3.63) is 76.6 Å². The highest BCUT2D eigenvalue weighted by atomic mass is 32.2. The fraction of sp³-hybridized carbons (Fsp3) is 0.400. The SMILES string of the molecule is C=CC(=O)N1CC2(CCN(c3c(S(C)(=O)=O)c(=O)n(-c4c(C5CC5)ncnc4C4CC4)c4nc(-c5c(N)cccc5F)c(F)cc34)CC2)C1. The number of likely N-dealkylation sites (tertiary alicyclic amines) is 1. The van der Waals surface area contributed by atoms with E-state index in [1.165, 1.54) is 29.1 Å². The van der Waals surface area contributed by atoms with Crippen molar-refractivity contribution in [3.8, 4) is 16.9 Å². The number of anilines is 2. The molecule has 254 valence electrons. The van der Waals surface area contributed by atoms with Crippen LogP contribution >= 0.6 is 0 Å². The third kappa shape index (κ3) is 5.18. The summed E-state index contributed by atoms with van der Waals surface area (Å²) in [6.07, 6.45) is 8.30. The lowest BCUT2D eigenvalue weighted by Crippen LogP contribution is -2.61. The van der Waals surface area contributed by atoms with Crippen molar-refractivity contribution in [1.29, 1.82) is 0 Å². The lowest BCUT2D eigenvalue weighted by atomic mass is 9.72. The molecule has 14 heteroatoms. The van der Waals surface area contributed by atoms with Crippen LogP contribution in [0.15, 0.2) is 52.9 Å². The van der Waals surface area contributed by atoms with E-state index in [-0.39, 0.29) is 51.1 Å². The molecule has 1 amide bonds. The number of rotatable bonds is 7. The van der Waals surface area contributed by atoms with Gasteiger partial charge in [-0.15, -0.1) is 0 Å². The number of hydrogen-bond donors (Lipinski definition) is 1. The molecule has 4 fully saturated rings. The van der Waals surface area contributed by atoms with Crippen LogP contribution in [-0.4, -0.2) is 71.2 Å². The number of sulfone groups is 1. The minimum Gasteiger partial charge on any atom is -0.398 e. The van der Waals surface area contributed by atoms with E-state index in [1.54, 1.807) is 9.80 Å². The van der Waals surface area contributed by atoms with Crippen LogP contribution < -0.4 is 16.2 Å². The molecule has 4 aromatic rings. The summed E-state index contributed by atoms with van der Waals surface area (Å²) in [5.74, 6) is -1.78. The molecule has 0 unspecified atom stereocenters. The maximum Gasteiger partial charge on any atom is 0.277 e. The van der Waals surface area contributed by atoms with Gasteiger partial charge in [-0.2, -0.15) is 0 Å². The molecular weight excluding hydrogens is 652 g/mol. The number of nitrogens with two attached hydrogens (primary N) is 1. The molecule has 2 N–H and O–H groups in total. The average molecular weight is 688 g/mol. The van der Waals surface area contributed by atoms with Crippen LogP contribution in [0, 0.1) is 17.0 Å². The Balaban J connectivity index is 1.40. The molecular formula is C35H35F2N7O4S. The van der Waals surface area contributed by atoms with Crippen molar-refractivity contribution in [2.75, 3.05) is 43.1 Å². The molecule has 2 aliphatic heterocycles. The van der Waals surface area contributed by atoms with Crippen molar-refractivity contribution in [3.63, 3.8) is 0 Å². The van der Waals surface area contributed by atoms with Crippen molar-refractivity contribution >= 4 is 38.2 Å². The van der Waals surface area contributed by atoms with Crippen molar-refractivity contribution in [2.24, 2.45) is 5.41 Å². The number of aromatic nitrogens is 4. The van der Waals surface area contributed by atoms with Crippen LogP contribution in [0.5, 0.6) is 0 Å². The fourth-order valence-electron chi connectivity index (χ4n) is 7.58. The zero-order valence-electron chi connectivity index (χ0n) is 27.0. The van der Waals surface area contributed by atoms with Crippen molar-refractivity contribution in [1.82, 2.24) is 24.4 Å². The largest absolute Gasteiger partial charge is 0.398 e. The molecule has 2 saturated heterocycles. The summed E-state index contributed by atoms with van der Waals surface area (Å²) in [5.41, 5.74) is 6.06. The quantitative estimate of drug-likeness (QED) is 0.220. The maximum atomic E-state index is 16.3. The van der Waals surface area contributed by atoms with E-state index in [4.69, 9.17) is 5.73 Å². The highest BCUT2D eigenvalue weighted by molar-refractivity contribution is 7.90. The van der Waals surface area contributed by atoms with Gasteiger partial charge in [0.25, 0.3) is 5.56 Å². The zero-order chi connectivity index (χ0) is 34.4. The number of nitrogens with zero attached hydrogens (tertiary/aromatic N) is 6. The third-order valence-electron chi connectivity index (χ3n) is 10.4. The summed E-state index contributed by atoms with van der Waals surface area (Å²) < 4.78 is 60.3. The van der Waals surface area contributed by atoms with Gasteiger partial charge in [0.05, 0.1) is 28.3 Å². The van der Waals surface area contributed by atoms with Crippen molar-refractivity contribution < 1.29 is 22.0 Å². The number of carbonyl (C=O) groups is 1. The van der Waals surface area contributed by atoms with Gasteiger partial charge in [-0.1, -0.05) is 12.6 Å². The van der Waals surface area contributed by atoms with Crippen LogP contribution in [-0.2, 0) is 14.6 Å². The van der Waals surface area contributed by atoms with E-state index in [0.717, 1.165) is 44.1 Å². The first-order chi connectivity index (χ1) is 23.4. The van der Waals surface area contributed by atoms with E-state index >= 15 is 8.78 Å². The molecule has 11 nitrogen and oxygen atoms in total. The Morgan fingerprint density at radius 2 is 1.65 bits per heavy atom. The normalized spacial score (nSPS) is 18.9. The van der Waals surface area contributed by atoms with Crippen molar-refractivity contribution in [2.45, 2.75) is 55.3 Å². The number of nitrogen functional groups attached to an aromatic ring is 1. The monoisotopic (exact) mass is 687 g/mol. The Labute approximate surface area is 281 Å². The number of carbonyl (C=O) groups excluding carboxylic acids is 1. The van der Waals surface area contributed by atoms with Gasteiger partial charge in [0.15, 0.2) is 26.2 Å². The first-order valence-corrected chi connectivity index (χ1v) is 18.3. The van der Waals surface area contributed by atoms with E-state index < -0.39 is 37.6 Å². The summed E-state index contributed by atoms with van der Waals surface area (Å²) in [5, 5.41) is 0.0940. The van der Waals surface area contributed by atoms with E-state index in [9.17, 15) is 18.0 Å². The topological polar surface area (TPSA) is 144 Å². The molecule has 3 aromatic heterocycles. The molecule has 8 rings (SSSR count). The van der Waals surface area contributed by atoms with Gasteiger partial charge >= 0.3 is 0 Å². The average Bonchev–Trinajstić information content (AvgIpc) is 3.97. The molecule has 2 aliphatic carbocycles. The number of pyridine rings is 2. The van der Waals surface area contributed by atoms with Gasteiger partial charge in [-0.25, -0.2) is 32.2 Å². The minimum atomic E-state index is -4.21. The second-order valence-electron chi connectivity index (χ2n) is 13.9. The van der Waals surface area contributed by atoms with Gasteiger partial charge in [0.1, 0.15) is 17.8 Å². The van der Waals surface area contributed by atoms with Crippen LogP contribution in [0.1, 0.15) is 61.7 Å². The first-order valence-electron chi connectivity index (χ1n) is 16.5. The van der Waals surface area contributed by atoms with Crippen LogP contribution in [0.25, 0.3) is 28.0 Å². The maximum absolute atomic E-state index is 16.3. The summed E-state index contributed by atoms with van der Waals surface area (Å²) in [6, 6.07) is 5.13. The van der Waals surface area contributed by atoms with Gasteiger partial charge in [-0.3, -0.25) is 14.2 Å². The van der Waals surface area contributed by atoms with E-state index in [0.29, 0.717) is 56.1 Å². The molecule has 4 aliphatic rings. The Morgan fingerprint density at radius 3 is 2.20 bits per heavy atom. The third-order valence-corrected chi connectivity index (χ3v) is 11.5. The van der Waals surface area contributed by atoms with Crippen LogP contribution in [0.4, 0.5) is 20.2 Å². The Morgan fingerprint density at radius 1 is 1.02 bits per heavy atom. The standard InChI is InChI=1S/C35H35F2N7O4S/c1-3-25(45)43-16-35(17-43)11-13-42(14-12-35)30-21-15-23(37)29(26-22(36)5-4-6-24(26)38)41-33(21)44(34(46)32(30)49(2,47)48)31-27(19-7-8-19)39-18-40-28(31)20-9-10-20/h3-6,15,18-20H,1,7-14,16-17,38H2,2H3. The van der Waals surface area contributed by atoms with Crippen LogP contribution in [0.3, 0.4) is 0 Å². The lowest BCUT2D eigenvalue weighted by molar-refractivity contribution is -0.139. The molecule has 49 heavy (non-hydrogen) atoms. The predicted molar refractivity (Wildman–Crippen MR) is 180 cm³/mol. The zero-order valence-corrected chi connectivity index (χ0v) is 27.8. The number of benzene rings is 1. The highest BCUT2D eigenvalue weighted by Gasteiger charge is 2.47. The Hall–Kier alpha value is -4.72. The molecule has 1 aromatic carbocycles. The van der Waals surface area contributed by atoms with Gasteiger partial charge in [-0.05, 0) is 62.8 Å². The molecule has 0 bridgehead atoms. The second-order valence-corrected chi connectivity index (χ2v) is 15.9. The highest BCUT2D eigenvalue weighted by Crippen LogP contribution is 2.49. The number of amides is 1. The fourth-order valence-corrected chi connectivity index (χ4v) is 8.58. The molecule has 0 radical (unpaired) electrons. The number of hydrogen-bond acceptors (Lipinski definition) is 9. The molecule has 2 saturated carbocycles. The minimum absolute atomic E-state index is 0.0308. The Bertz CT molecular complexity index is 2200. The summed E-state index contributed by atoms with van der Waals surface area (Å²) in [6.45, 7) is 5.39. The number of piperidine rings is 1. The van der Waals surface area contributed by atoms with Crippen LogP contribution in [0.2, 0.25) is 0 Å². The second kappa shape index (κ2) is 11.2. The summed E-state index contributed by atoms with van der Waals surface area (Å²) >= 11 is 0. The summed E-state index contributed by atoms with van der Waals surface area (Å²) in [7, 11) is -4.21.